The van der Waals surface area contributed by atoms with Crippen LogP contribution < -0.4 is 5.43 Å². The Morgan fingerprint density at radius 1 is 1.14 bits per heavy atom. The molecule has 0 aliphatic heterocycles. The van der Waals surface area contributed by atoms with Crippen LogP contribution in [0.4, 0.5) is 0 Å². The van der Waals surface area contributed by atoms with Gasteiger partial charge in [-0.25, -0.2) is 5.43 Å². The van der Waals surface area contributed by atoms with Crippen LogP contribution in [0.1, 0.15) is 27.0 Å². The van der Waals surface area contributed by atoms with Gasteiger partial charge in [-0.1, -0.05) is 50.1 Å². The van der Waals surface area contributed by atoms with E-state index in [1.54, 1.807) is 12.3 Å². The van der Waals surface area contributed by atoms with Gasteiger partial charge < -0.3 is 0 Å². The maximum atomic E-state index is 12.0. The van der Waals surface area contributed by atoms with Crippen LogP contribution in [-0.2, 0) is 0 Å². The van der Waals surface area contributed by atoms with Crippen LogP contribution in [-0.4, -0.2) is 12.1 Å². The van der Waals surface area contributed by atoms with Crippen molar-refractivity contribution in [2.75, 3.05) is 0 Å². The Kier molecular flexibility index (Phi) is 5.31. The number of benzene rings is 2. The number of hydrogen-bond donors (Lipinski definition) is 1. The fraction of sp³-hybridized carbons (Fsp3) is 0.125. The van der Waals surface area contributed by atoms with Crippen molar-refractivity contribution in [2.45, 2.75) is 13.8 Å². The van der Waals surface area contributed by atoms with Crippen LogP contribution in [0.2, 0.25) is 0 Å². The average Bonchev–Trinajstić information content (AvgIpc) is 2.45. The van der Waals surface area contributed by atoms with Gasteiger partial charge in [0.05, 0.1) is 6.21 Å². The highest BCUT2D eigenvalue weighted by Crippen LogP contribution is 2.25. The van der Waals surface area contributed by atoms with E-state index in [0.717, 1.165) is 25.6 Å². The first kappa shape index (κ1) is 15.9. The summed E-state index contributed by atoms with van der Waals surface area (Å²) in [6.07, 6.45) is 1.62. The molecule has 0 aromatic heterocycles. The van der Waals surface area contributed by atoms with E-state index in [9.17, 15) is 4.79 Å². The fourth-order valence-corrected chi connectivity index (χ4v) is 3.01. The van der Waals surface area contributed by atoms with Crippen molar-refractivity contribution in [1.82, 2.24) is 5.43 Å². The largest absolute Gasteiger partial charge is 0.271 e. The normalized spacial score (nSPS) is 10.9. The molecule has 1 N–H and O–H groups in total. The number of amides is 1. The van der Waals surface area contributed by atoms with Crippen molar-refractivity contribution in [3.05, 3.63) is 67.6 Å². The van der Waals surface area contributed by atoms with Gasteiger partial charge in [0, 0.05) is 14.5 Å². The van der Waals surface area contributed by atoms with E-state index in [1.807, 2.05) is 44.2 Å². The van der Waals surface area contributed by atoms with Crippen LogP contribution in [0.3, 0.4) is 0 Å². The number of hydrazone groups is 1. The molecule has 1 amide bonds. The van der Waals surface area contributed by atoms with Crippen molar-refractivity contribution in [2.24, 2.45) is 5.10 Å². The van der Waals surface area contributed by atoms with Gasteiger partial charge >= 0.3 is 0 Å². The van der Waals surface area contributed by atoms with Gasteiger partial charge in [0.1, 0.15) is 0 Å². The minimum Gasteiger partial charge on any atom is -0.267 e. The Bertz CT molecular complexity index is 688. The van der Waals surface area contributed by atoms with Crippen molar-refractivity contribution in [3.63, 3.8) is 0 Å². The maximum absolute atomic E-state index is 12.0. The molecule has 0 saturated heterocycles. The zero-order valence-electron chi connectivity index (χ0n) is 11.7. The van der Waals surface area contributed by atoms with Crippen molar-refractivity contribution >= 4 is 44.0 Å². The summed E-state index contributed by atoms with van der Waals surface area (Å²) in [6.45, 7) is 3.90. The van der Waals surface area contributed by atoms with Gasteiger partial charge in [0.25, 0.3) is 5.91 Å². The Hall–Kier alpha value is -1.46. The molecule has 0 atom stereocenters. The maximum Gasteiger partial charge on any atom is 0.271 e. The van der Waals surface area contributed by atoms with Crippen LogP contribution in [0.25, 0.3) is 0 Å². The van der Waals surface area contributed by atoms with E-state index in [0.29, 0.717) is 5.56 Å². The molecule has 108 valence electrons. The molecule has 0 unspecified atom stereocenters. The molecule has 0 radical (unpaired) electrons. The number of carbonyl (C=O) groups is 1. The topological polar surface area (TPSA) is 41.5 Å². The quantitative estimate of drug-likeness (QED) is 0.584. The Morgan fingerprint density at radius 2 is 1.76 bits per heavy atom. The SMILES string of the molecule is Cc1ccccc1C(=O)N/N=C/c1cc(Br)c(C)c(Br)c1. The highest BCUT2D eigenvalue weighted by Gasteiger charge is 2.06. The zero-order chi connectivity index (χ0) is 15.4. The summed E-state index contributed by atoms with van der Waals surface area (Å²) in [5.74, 6) is -0.213. The van der Waals surface area contributed by atoms with Crippen molar-refractivity contribution < 1.29 is 4.79 Å². The summed E-state index contributed by atoms with van der Waals surface area (Å²) in [5, 5.41) is 4.00. The van der Waals surface area contributed by atoms with Gasteiger partial charge in [0.2, 0.25) is 0 Å². The second-order valence-corrected chi connectivity index (χ2v) is 6.33. The predicted molar refractivity (Wildman–Crippen MR) is 92.8 cm³/mol. The lowest BCUT2D eigenvalue weighted by Gasteiger charge is -2.04. The van der Waals surface area contributed by atoms with E-state index >= 15 is 0 Å². The molecule has 2 aromatic carbocycles. The lowest BCUT2D eigenvalue weighted by Crippen LogP contribution is -2.18. The van der Waals surface area contributed by atoms with Crippen LogP contribution >= 0.6 is 31.9 Å². The van der Waals surface area contributed by atoms with Gasteiger partial charge in [-0.05, 0) is 48.7 Å². The van der Waals surface area contributed by atoms with E-state index in [-0.39, 0.29) is 5.91 Å². The Labute approximate surface area is 140 Å². The molecular weight excluding hydrogens is 396 g/mol. The third kappa shape index (κ3) is 4.02. The number of halogens is 2. The van der Waals surface area contributed by atoms with Gasteiger partial charge in [-0.15, -0.1) is 0 Å². The summed E-state index contributed by atoms with van der Waals surface area (Å²) in [7, 11) is 0. The van der Waals surface area contributed by atoms with E-state index in [4.69, 9.17) is 0 Å². The number of carbonyl (C=O) groups excluding carboxylic acids is 1. The third-order valence-corrected chi connectivity index (χ3v) is 4.72. The highest BCUT2D eigenvalue weighted by atomic mass is 79.9. The van der Waals surface area contributed by atoms with E-state index in [2.05, 4.69) is 42.4 Å². The molecule has 21 heavy (non-hydrogen) atoms. The third-order valence-electron chi connectivity index (χ3n) is 3.07. The first-order valence-corrected chi connectivity index (χ1v) is 7.92. The zero-order valence-corrected chi connectivity index (χ0v) is 14.8. The smallest absolute Gasteiger partial charge is 0.267 e. The monoisotopic (exact) mass is 408 g/mol. The first-order chi connectivity index (χ1) is 9.99. The molecule has 5 heteroatoms. The minimum absolute atomic E-state index is 0.213. The van der Waals surface area contributed by atoms with Gasteiger partial charge in [0.15, 0.2) is 0 Å². The number of nitrogens with zero attached hydrogens (tertiary/aromatic N) is 1. The average molecular weight is 410 g/mol. The molecule has 0 fully saturated rings. The molecule has 2 aromatic rings. The van der Waals surface area contributed by atoms with Crippen LogP contribution in [0.5, 0.6) is 0 Å². The summed E-state index contributed by atoms with van der Waals surface area (Å²) in [6, 6.07) is 11.3. The number of hydrogen-bond acceptors (Lipinski definition) is 2. The Morgan fingerprint density at radius 3 is 2.38 bits per heavy atom. The summed E-state index contributed by atoms with van der Waals surface area (Å²) in [5.41, 5.74) is 6.10. The predicted octanol–water partition coefficient (Wildman–Crippen LogP) is 4.59. The standard InChI is InChI=1S/C16H14Br2N2O/c1-10-5-3-4-6-13(10)16(21)20-19-9-12-7-14(17)11(2)15(18)8-12/h3-9H,1-2H3,(H,20,21)/b19-9+. The summed E-state index contributed by atoms with van der Waals surface area (Å²) >= 11 is 6.97. The molecule has 0 spiro atoms. The lowest BCUT2D eigenvalue weighted by molar-refractivity contribution is 0.0954. The second-order valence-electron chi connectivity index (χ2n) is 4.62. The minimum atomic E-state index is -0.213. The molecule has 0 aliphatic carbocycles. The fourth-order valence-electron chi connectivity index (χ4n) is 1.79. The van der Waals surface area contributed by atoms with E-state index in [1.165, 1.54) is 0 Å². The molecule has 0 aliphatic rings. The molecule has 2 rings (SSSR count). The van der Waals surface area contributed by atoms with Crippen molar-refractivity contribution in [1.29, 1.82) is 0 Å². The number of aryl methyl sites for hydroxylation is 1. The molecule has 0 bridgehead atoms. The summed E-state index contributed by atoms with van der Waals surface area (Å²) < 4.78 is 1.98. The molecule has 0 heterocycles. The first-order valence-electron chi connectivity index (χ1n) is 6.33. The van der Waals surface area contributed by atoms with E-state index < -0.39 is 0 Å². The lowest BCUT2D eigenvalue weighted by atomic mass is 10.1. The van der Waals surface area contributed by atoms with Crippen LogP contribution in [0.15, 0.2) is 50.4 Å². The van der Waals surface area contributed by atoms with Crippen LogP contribution in [0, 0.1) is 13.8 Å². The molecular formula is C16H14Br2N2O. The number of rotatable bonds is 3. The second kappa shape index (κ2) is 7.00. The highest BCUT2D eigenvalue weighted by molar-refractivity contribution is 9.11. The number of nitrogens with one attached hydrogen (secondary N) is 1. The molecule has 0 saturated carbocycles. The van der Waals surface area contributed by atoms with Gasteiger partial charge in [-0.2, -0.15) is 5.10 Å². The molecule has 3 nitrogen and oxygen atoms in total. The Balaban J connectivity index is 2.10. The van der Waals surface area contributed by atoms with Crippen molar-refractivity contribution in [3.8, 4) is 0 Å². The van der Waals surface area contributed by atoms with Gasteiger partial charge in [-0.3, -0.25) is 4.79 Å². The summed E-state index contributed by atoms with van der Waals surface area (Å²) in [4.78, 5) is 12.0.